The smallest absolute Gasteiger partial charge is 0.0562 e. The second-order valence-electron chi connectivity index (χ2n) is 14.2. The van der Waals surface area contributed by atoms with E-state index in [0.717, 1.165) is 22.6 Å². The van der Waals surface area contributed by atoms with E-state index in [4.69, 9.17) is 0 Å². The molecule has 55 heavy (non-hydrogen) atoms. The molecule has 0 fully saturated rings. The second kappa shape index (κ2) is 13.7. The van der Waals surface area contributed by atoms with Gasteiger partial charge in [-0.3, -0.25) is 0 Å². The van der Waals surface area contributed by atoms with Crippen LogP contribution in [-0.4, -0.2) is 4.57 Å². The molecular weight excluding hydrogens is 665 g/mol. The Bertz CT molecular complexity index is 2880. The molecule has 2 heteroatoms. The largest absolute Gasteiger partial charge is 0.310 e. The Kier molecular flexibility index (Phi) is 8.08. The summed E-state index contributed by atoms with van der Waals surface area (Å²) in [6.45, 7) is 2.23. The van der Waals surface area contributed by atoms with E-state index in [1.54, 1.807) is 0 Å². The summed E-state index contributed by atoms with van der Waals surface area (Å²) in [5.74, 6) is 0. The molecule has 0 N–H and O–H groups in total. The van der Waals surface area contributed by atoms with E-state index in [1.165, 1.54) is 71.7 Å². The van der Waals surface area contributed by atoms with Crippen molar-refractivity contribution in [2.24, 2.45) is 0 Å². The van der Waals surface area contributed by atoms with Gasteiger partial charge in [-0.25, -0.2) is 0 Å². The molecule has 260 valence electrons. The Hall–Kier alpha value is -7.16. The molecule has 0 aliphatic rings. The van der Waals surface area contributed by atoms with E-state index in [9.17, 15) is 0 Å². The van der Waals surface area contributed by atoms with Crippen molar-refractivity contribution in [3.05, 3.63) is 218 Å². The van der Waals surface area contributed by atoms with Crippen LogP contribution in [0.25, 0.3) is 71.6 Å². The van der Waals surface area contributed by atoms with Crippen LogP contribution in [0.5, 0.6) is 0 Å². The van der Waals surface area contributed by atoms with Crippen LogP contribution in [0.15, 0.2) is 212 Å². The van der Waals surface area contributed by atoms with Crippen LogP contribution >= 0.6 is 0 Å². The van der Waals surface area contributed by atoms with Crippen LogP contribution in [0.2, 0.25) is 0 Å². The van der Waals surface area contributed by atoms with Crippen molar-refractivity contribution < 1.29 is 0 Å². The topological polar surface area (TPSA) is 8.17 Å². The fourth-order valence-electron chi connectivity index (χ4n) is 8.30. The van der Waals surface area contributed by atoms with E-state index in [-0.39, 0.29) is 0 Å². The highest BCUT2D eigenvalue weighted by Crippen LogP contribution is 2.45. The molecule has 2 nitrogen and oxygen atoms in total. The van der Waals surface area contributed by atoms with Crippen molar-refractivity contribution in [3.63, 3.8) is 0 Å². The van der Waals surface area contributed by atoms with Crippen LogP contribution in [0.3, 0.4) is 0 Å². The molecule has 0 saturated carbocycles. The first-order valence-electron chi connectivity index (χ1n) is 18.9. The number of nitrogens with zero attached hydrogens (tertiary/aromatic N) is 2. The van der Waals surface area contributed by atoms with Gasteiger partial charge in [0.25, 0.3) is 0 Å². The zero-order valence-corrected chi connectivity index (χ0v) is 30.6. The van der Waals surface area contributed by atoms with Gasteiger partial charge in [-0.15, -0.1) is 0 Å². The van der Waals surface area contributed by atoms with Crippen molar-refractivity contribution >= 4 is 49.6 Å². The van der Waals surface area contributed by atoms with Gasteiger partial charge in [-0.1, -0.05) is 158 Å². The van der Waals surface area contributed by atoms with Crippen molar-refractivity contribution in [2.75, 3.05) is 4.90 Å². The second-order valence-corrected chi connectivity index (χ2v) is 14.2. The standard InChI is InChI=1S/C53H38N2/c1-37-14-12-23-49(52(37)44-27-26-40-19-8-9-20-43(40)36-44)55-48-22-11-10-21-47(48)53-50(24-13-25-51(53)55)54(45-32-28-41(29-33-45)38-15-4-2-5-16-38)46-34-30-42(31-35-46)39-17-6-3-7-18-39/h2-36H,1H3. The normalized spacial score (nSPS) is 11.4. The van der Waals surface area contributed by atoms with Crippen LogP contribution in [0, 0.1) is 6.92 Å². The predicted molar refractivity (Wildman–Crippen MR) is 234 cm³/mol. The lowest BCUT2D eigenvalue weighted by Crippen LogP contribution is -2.10. The number of rotatable bonds is 7. The van der Waals surface area contributed by atoms with Crippen LogP contribution in [0.4, 0.5) is 17.1 Å². The van der Waals surface area contributed by atoms with Gasteiger partial charge in [-0.2, -0.15) is 0 Å². The minimum atomic E-state index is 1.10. The Balaban J connectivity index is 1.20. The highest BCUT2D eigenvalue weighted by Gasteiger charge is 2.23. The molecule has 0 bridgehead atoms. The Morgan fingerprint density at radius 2 is 0.909 bits per heavy atom. The number of hydrogen-bond acceptors (Lipinski definition) is 1. The van der Waals surface area contributed by atoms with Crippen LogP contribution in [-0.2, 0) is 0 Å². The fourth-order valence-corrected chi connectivity index (χ4v) is 8.30. The number of fused-ring (bicyclic) bond motifs is 4. The van der Waals surface area contributed by atoms with Gasteiger partial charge in [0.2, 0.25) is 0 Å². The number of benzene rings is 9. The van der Waals surface area contributed by atoms with Gasteiger partial charge in [0.15, 0.2) is 0 Å². The third-order valence-electron chi connectivity index (χ3n) is 10.9. The molecule has 1 heterocycles. The lowest BCUT2D eigenvalue weighted by molar-refractivity contribution is 1.17. The molecule has 0 aliphatic carbocycles. The van der Waals surface area contributed by atoms with Crippen LogP contribution < -0.4 is 4.90 Å². The Labute approximate surface area is 321 Å². The average molecular weight is 703 g/mol. The summed E-state index contributed by atoms with van der Waals surface area (Å²) in [4.78, 5) is 2.42. The third kappa shape index (κ3) is 5.76. The zero-order chi connectivity index (χ0) is 36.7. The molecule has 0 unspecified atom stereocenters. The number of aryl methyl sites for hydroxylation is 1. The van der Waals surface area contributed by atoms with Crippen molar-refractivity contribution in [1.82, 2.24) is 4.57 Å². The SMILES string of the molecule is Cc1cccc(-n2c3ccccc3c3c(N(c4ccc(-c5ccccc5)cc4)c4ccc(-c5ccccc5)cc4)cccc32)c1-c1ccc2ccccc2c1. The van der Waals surface area contributed by atoms with E-state index < -0.39 is 0 Å². The number of para-hydroxylation sites is 1. The third-order valence-corrected chi connectivity index (χ3v) is 10.9. The maximum absolute atomic E-state index is 2.47. The average Bonchev–Trinajstić information content (AvgIpc) is 3.59. The van der Waals surface area contributed by atoms with Gasteiger partial charge in [-0.05, 0) is 106 Å². The highest BCUT2D eigenvalue weighted by atomic mass is 15.1. The lowest BCUT2D eigenvalue weighted by Gasteiger charge is -2.27. The van der Waals surface area contributed by atoms with Gasteiger partial charge in [0, 0.05) is 27.7 Å². The quantitative estimate of drug-likeness (QED) is 0.160. The highest BCUT2D eigenvalue weighted by molar-refractivity contribution is 6.17. The molecule has 10 rings (SSSR count). The van der Waals surface area contributed by atoms with Gasteiger partial charge < -0.3 is 9.47 Å². The summed E-state index contributed by atoms with van der Waals surface area (Å²) in [6, 6.07) is 76.9. The molecule has 10 aromatic rings. The van der Waals surface area contributed by atoms with E-state index in [1.807, 2.05) is 0 Å². The lowest BCUT2D eigenvalue weighted by atomic mass is 9.96. The van der Waals surface area contributed by atoms with E-state index in [0.29, 0.717) is 0 Å². The molecule has 0 amide bonds. The summed E-state index contributed by atoms with van der Waals surface area (Å²) >= 11 is 0. The summed E-state index contributed by atoms with van der Waals surface area (Å²) in [6.07, 6.45) is 0. The Morgan fingerprint density at radius 1 is 0.382 bits per heavy atom. The monoisotopic (exact) mass is 702 g/mol. The maximum Gasteiger partial charge on any atom is 0.0562 e. The summed E-state index contributed by atoms with van der Waals surface area (Å²) in [5.41, 5.74) is 15.3. The maximum atomic E-state index is 2.47. The molecule has 9 aromatic carbocycles. The summed E-state index contributed by atoms with van der Waals surface area (Å²) in [7, 11) is 0. The fraction of sp³-hybridized carbons (Fsp3) is 0.0189. The zero-order valence-electron chi connectivity index (χ0n) is 30.6. The van der Waals surface area contributed by atoms with E-state index >= 15 is 0 Å². The summed E-state index contributed by atoms with van der Waals surface area (Å²) < 4.78 is 2.47. The van der Waals surface area contributed by atoms with Gasteiger partial charge in [0.1, 0.15) is 0 Å². The molecule has 0 spiro atoms. The van der Waals surface area contributed by atoms with Gasteiger partial charge in [0.05, 0.1) is 22.4 Å². The van der Waals surface area contributed by atoms with Gasteiger partial charge >= 0.3 is 0 Å². The molecule has 0 radical (unpaired) electrons. The minimum Gasteiger partial charge on any atom is -0.310 e. The molecule has 0 saturated heterocycles. The first-order chi connectivity index (χ1) is 27.2. The number of hydrogen-bond donors (Lipinski definition) is 0. The number of anilines is 3. The minimum absolute atomic E-state index is 1.10. The van der Waals surface area contributed by atoms with Crippen molar-refractivity contribution in [3.8, 4) is 39.1 Å². The first kappa shape index (κ1) is 32.5. The molecule has 1 aromatic heterocycles. The molecule has 0 atom stereocenters. The Morgan fingerprint density at radius 3 is 1.58 bits per heavy atom. The van der Waals surface area contributed by atoms with Crippen LogP contribution in [0.1, 0.15) is 5.56 Å². The summed E-state index contributed by atoms with van der Waals surface area (Å²) in [5, 5.41) is 4.91. The number of aromatic nitrogens is 1. The predicted octanol–water partition coefficient (Wildman–Crippen LogP) is 14.7. The van der Waals surface area contributed by atoms with Crippen molar-refractivity contribution in [2.45, 2.75) is 6.92 Å². The molecule has 0 aliphatic heterocycles. The first-order valence-corrected chi connectivity index (χ1v) is 18.9. The molecular formula is C53H38N2. The van der Waals surface area contributed by atoms with E-state index in [2.05, 4.69) is 229 Å². The van der Waals surface area contributed by atoms with Crippen molar-refractivity contribution in [1.29, 1.82) is 0 Å².